The van der Waals surface area contributed by atoms with Crippen LogP contribution in [0.5, 0.6) is 0 Å². The van der Waals surface area contributed by atoms with Crippen LogP contribution in [-0.2, 0) is 32.1 Å². The first-order valence-electron chi connectivity index (χ1n) is 8.95. The van der Waals surface area contributed by atoms with Crippen molar-refractivity contribution in [1.29, 1.82) is 0 Å². The van der Waals surface area contributed by atoms with Crippen molar-refractivity contribution in [1.82, 2.24) is 5.32 Å². The zero-order chi connectivity index (χ0) is 19.7. The van der Waals surface area contributed by atoms with Gasteiger partial charge < -0.3 is 20.1 Å². The van der Waals surface area contributed by atoms with Crippen LogP contribution in [0, 0.1) is 5.82 Å². The topological polar surface area (TPSA) is 76.7 Å². The van der Waals surface area contributed by atoms with Gasteiger partial charge in [0.2, 0.25) is 0 Å². The number of rotatable bonds is 5. The summed E-state index contributed by atoms with van der Waals surface area (Å²) in [7, 11) is 1.36. The minimum absolute atomic E-state index is 0.172. The van der Waals surface area contributed by atoms with Gasteiger partial charge in [-0.1, -0.05) is 18.2 Å². The molecule has 2 aliphatic heterocycles. The molecule has 7 heteroatoms. The maximum absolute atomic E-state index is 13.7. The van der Waals surface area contributed by atoms with Crippen molar-refractivity contribution in [2.45, 2.75) is 13.0 Å². The predicted octanol–water partition coefficient (Wildman–Crippen LogP) is 2.48. The van der Waals surface area contributed by atoms with E-state index in [-0.39, 0.29) is 18.4 Å². The van der Waals surface area contributed by atoms with E-state index in [1.54, 1.807) is 6.07 Å². The number of carbonyl (C=O) groups is 2. The maximum atomic E-state index is 13.7. The van der Waals surface area contributed by atoms with Crippen molar-refractivity contribution in [3.05, 3.63) is 64.5 Å². The highest BCUT2D eigenvalue weighted by atomic mass is 19.1. The highest BCUT2D eigenvalue weighted by molar-refractivity contribution is 6.36. The number of anilines is 1. The van der Waals surface area contributed by atoms with E-state index in [4.69, 9.17) is 4.74 Å². The fourth-order valence-corrected chi connectivity index (χ4v) is 3.44. The summed E-state index contributed by atoms with van der Waals surface area (Å²) in [4.78, 5) is 23.6. The summed E-state index contributed by atoms with van der Waals surface area (Å²) in [6.45, 7) is 1.17. The first-order valence-corrected chi connectivity index (χ1v) is 8.95. The molecule has 0 atom stereocenters. The molecule has 0 aromatic heterocycles. The van der Waals surface area contributed by atoms with Crippen LogP contribution in [0.4, 0.5) is 10.1 Å². The molecule has 28 heavy (non-hydrogen) atoms. The monoisotopic (exact) mass is 382 g/mol. The lowest BCUT2D eigenvalue weighted by molar-refractivity contribution is -0.139. The summed E-state index contributed by atoms with van der Waals surface area (Å²) in [5.41, 5.74) is 4.37. The molecule has 1 amide bonds. The SMILES string of the molecule is COC(=O)CNCCc1ccc2c(c1)CO/C2=C1/C(=O)Nc2ccc(F)cc21. The molecule has 6 nitrogen and oxygen atoms in total. The van der Waals surface area contributed by atoms with Crippen LogP contribution in [-0.4, -0.2) is 32.1 Å². The molecular weight excluding hydrogens is 363 g/mol. The lowest BCUT2D eigenvalue weighted by Gasteiger charge is -2.07. The van der Waals surface area contributed by atoms with Gasteiger partial charge >= 0.3 is 5.97 Å². The summed E-state index contributed by atoms with van der Waals surface area (Å²) < 4.78 is 24.1. The van der Waals surface area contributed by atoms with E-state index < -0.39 is 5.82 Å². The molecule has 144 valence electrons. The van der Waals surface area contributed by atoms with Gasteiger partial charge in [-0.3, -0.25) is 9.59 Å². The largest absolute Gasteiger partial charge is 0.487 e. The van der Waals surface area contributed by atoms with Gasteiger partial charge in [0.1, 0.15) is 18.2 Å². The number of ether oxygens (including phenoxy) is 2. The van der Waals surface area contributed by atoms with Crippen LogP contribution < -0.4 is 10.6 Å². The van der Waals surface area contributed by atoms with E-state index in [2.05, 4.69) is 15.4 Å². The maximum Gasteiger partial charge on any atom is 0.319 e. The second kappa shape index (κ2) is 7.44. The van der Waals surface area contributed by atoms with E-state index in [0.717, 1.165) is 23.1 Å². The number of fused-ring (bicyclic) bond motifs is 2. The summed E-state index contributed by atoms with van der Waals surface area (Å²) in [5.74, 6) is -0.515. The first kappa shape index (κ1) is 18.2. The van der Waals surface area contributed by atoms with Crippen molar-refractivity contribution in [2.24, 2.45) is 0 Å². The third kappa shape index (κ3) is 3.36. The van der Waals surface area contributed by atoms with Crippen LogP contribution in [0.2, 0.25) is 0 Å². The number of carbonyl (C=O) groups excluding carboxylic acids is 2. The normalized spacial score (nSPS) is 17.0. The van der Waals surface area contributed by atoms with Gasteiger partial charge in [-0.15, -0.1) is 0 Å². The smallest absolute Gasteiger partial charge is 0.319 e. The number of halogens is 1. The standard InChI is InChI=1S/C21H19FN2O4/c1-27-18(25)10-23-7-6-12-2-4-15-13(8-12)11-28-20(15)19-16-9-14(22)3-5-17(16)24-21(19)26/h2-5,8-9,23H,6-7,10-11H2,1H3,(H,24,26)/b20-19+. The number of benzene rings is 2. The summed E-state index contributed by atoms with van der Waals surface area (Å²) in [5, 5.41) is 5.78. The Labute approximate surface area is 161 Å². The minimum Gasteiger partial charge on any atom is -0.487 e. The number of methoxy groups -OCH3 is 1. The van der Waals surface area contributed by atoms with Crippen molar-refractivity contribution in [3.63, 3.8) is 0 Å². The Hall–Kier alpha value is -3.19. The second-order valence-electron chi connectivity index (χ2n) is 6.63. The lowest BCUT2D eigenvalue weighted by atomic mass is 9.98. The van der Waals surface area contributed by atoms with E-state index in [9.17, 15) is 14.0 Å². The molecule has 0 unspecified atom stereocenters. The van der Waals surface area contributed by atoms with Crippen molar-refractivity contribution < 1.29 is 23.5 Å². The lowest BCUT2D eigenvalue weighted by Crippen LogP contribution is -2.25. The van der Waals surface area contributed by atoms with Crippen molar-refractivity contribution in [2.75, 3.05) is 25.5 Å². The highest BCUT2D eigenvalue weighted by Crippen LogP contribution is 2.41. The van der Waals surface area contributed by atoms with Gasteiger partial charge in [0.05, 0.1) is 19.2 Å². The molecule has 2 aliphatic rings. The Kier molecular flexibility index (Phi) is 4.83. The van der Waals surface area contributed by atoms with E-state index in [1.165, 1.54) is 19.2 Å². The third-order valence-corrected chi connectivity index (χ3v) is 4.83. The van der Waals surface area contributed by atoms with Gasteiger partial charge in [0, 0.05) is 22.4 Å². The number of hydrogen-bond donors (Lipinski definition) is 2. The molecule has 2 heterocycles. The predicted molar refractivity (Wildman–Crippen MR) is 102 cm³/mol. The molecule has 0 spiro atoms. The molecule has 0 aliphatic carbocycles. The molecule has 2 N–H and O–H groups in total. The quantitative estimate of drug-likeness (QED) is 0.472. The third-order valence-electron chi connectivity index (χ3n) is 4.83. The van der Waals surface area contributed by atoms with Crippen LogP contribution in [0.15, 0.2) is 36.4 Å². The zero-order valence-electron chi connectivity index (χ0n) is 15.3. The van der Waals surface area contributed by atoms with Crippen LogP contribution >= 0.6 is 0 Å². The summed E-state index contributed by atoms with van der Waals surface area (Å²) in [6.07, 6.45) is 0.741. The van der Waals surface area contributed by atoms with E-state index in [0.29, 0.717) is 35.7 Å². The molecule has 0 saturated heterocycles. The van der Waals surface area contributed by atoms with Gasteiger partial charge in [-0.2, -0.15) is 0 Å². The van der Waals surface area contributed by atoms with Gasteiger partial charge in [0.25, 0.3) is 5.91 Å². The second-order valence-corrected chi connectivity index (χ2v) is 6.63. The minimum atomic E-state index is -0.402. The van der Waals surface area contributed by atoms with Crippen molar-refractivity contribution >= 4 is 28.9 Å². The van der Waals surface area contributed by atoms with E-state index in [1.807, 2.05) is 18.2 Å². The van der Waals surface area contributed by atoms with E-state index >= 15 is 0 Å². The number of esters is 1. The van der Waals surface area contributed by atoms with Gasteiger partial charge in [0.15, 0.2) is 0 Å². The molecule has 0 fully saturated rings. The number of nitrogens with one attached hydrogen (secondary N) is 2. The Balaban J connectivity index is 1.56. The van der Waals surface area contributed by atoms with Crippen LogP contribution in [0.3, 0.4) is 0 Å². The Morgan fingerprint density at radius 2 is 2.11 bits per heavy atom. The van der Waals surface area contributed by atoms with Gasteiger partial charge in [-0.05, 0) is 36.7 Å². The van der Waals surface area contributed by atoms with Gasteiger partial charge in [-0.25, -0.2) is 4.39 Å². The molecule has 0 radical (unpaired) electrons. The molecular formula is C21H19FN2O4. The van der Waals surface area contributed by atoms with Crippen molar-refractivity contribution in [3.8, 4) is 0 Å². The average Bonchev–Trinajstić information content (AvgIpc) is 3.24. The highest BCUT2D eigenvalue weighted by Gasteiger charge is 2.32. The number of hydrogen-bond acceptors (Lipinski definition) is 5. The summed E-state index contributed by atoms with van der Waals surface area (Å²) >= 11 is 0. The molecule has 0 saturated carbocycles. The molecule has 2 aromatic rings. The van der Waals surface area contributed by atoms with Crippen LogP contribution in [0.25, 0.3) is 11.3 Å². The molecule has 4 rings (SSSR count). The Bertz CT molecular complexity index is 1000. The molecule has 0 bridgehead atoms. The summed E-state index contributed by atoms with van der Waals surface area (Å²) in [6, 6.07) is 10.1. The fourth-order valence-electron chi connectivity index (χ4n) is 3.44. The average molecular weight is 382 g/mol. The zero-order valence-corrected chi connectivity index (χ0v) is 15.3. The van der Waals surface area contributed by atoms with Crippen LogP contribution in [0.1, 0.15) is 22.3 Å². The number of amides is 1. The Morgan fingerprint density at radius 1 is 1.25 bits per heavy atom. The first-order chi connectivity index (χ1) is 13.6. The fraction of sp³-hybridized carbons (Fsp3) is 0.238. The Morgan fingerprint density at radius 3 is 2.93 bits per heavy atom. The molecule has 2 aromatic carbocycles.